The molecule has 1 aliphatic heterocycles. The molecule has 0 aliphatic carbocycles. The van der Waals surface area contributed by atoms with Gasteiger partial charge < -0.3 is 4.90 Å². The van der Waals surface area contributed by atoms with Gasteiger partial charge in [-0.15, -0.1) is 11.3 Å². The van der Waals surface area contributed by atoms with Crippen molar-refractivity contribution in [3.05, 3.63) is 17.0 Å². The molecule has 1 fully saturated rings. The van der Waals surface area contributed by atoms with Crippen LogP contribution in [0.3, 0.4) is 0 Å². The predicted molar refractivity (Wildman–Crippen MR) is 55.1 cm³/mol. The predicted octanol–water partition coefficient (Wildman–Crippen LogP) is 2.91. The summed E-state index contributed by atoms with van der Waals surface area (Å²) in [5, 5.41) is 1.48. The van der Waals surface area contributed by atoms with Crippen LogP contribution in [0.15, 0.2) is 12.1 Å². The molecule has 2 rings (SSSR count). The molecule has 1 aromatic heterocycles. The van der Waals surface area contributed by atoms with E-state index in [1.807, 2.05) is 11.3 Å². The van der Waals surface area contributed by atoms with Gasteiger partial charge in [0.25, 0.3) is 0 Å². The second-order valence-corrected chi connectivity index (χ2v) is 4.43. The average molecular weight is 181 g/mol. The van der Waals surface area contributed by atoms with Crippen molar-refractivity contribution >= 4 is 16.3 Å². The molecule has 1 nitrogen and oxygen atoms in total. The van der Waals surface area contributed by atoms with Crippen LogP contribution in [0.1, 0.15) is 24.6 Å². The van der Waals surface area contributed by atoms with Gasteiger partial charge in [-0.05, 0) is 31.4 Å². The number of hydrogen-bond donors (Lipinski definition) is 0. The second kappa shape index (κ2) is 3.48. The third kappa shape index (κ3) is 1.48. The molecule has 0 bridgehead atoms. The Morgan fingerprint density at radius 1 is 1.33 bits per heavy atom. The summed E-state index contributed by atoms with van der Waals surface area (Å²) >= 11 is 1.96. The van der Waals surface area contributed by atoms with E-state index in [4.69, 9.17) is 0 Å². The molecular weight excluding hydrogens is 166 g/mol. The molecule has 12 heavy (non-hydrogen) atoms. The van der Waals surface area contributed by atoms with E-state index >= 15 is 0 Å². The molecule has 0 atom stereocenters. The van der Waals surface area contributed by atoms with Crippen molar-refractivity contribution in [1.82, 2.24) is 0 Å². The summed E-state index contributed by atoms with van der Waals surface area (Å²) in [7, 11) is 0. The minimum absolute atomic E-state index is 1.18. The van der Waals surface area contributed by atoms with Crippen molar-refractivity contribution in [2.75, 3.05) is 18.0 Å². The van der Waals surface area contributed by atoms with Crippen LogP contribution in [0.2, 0.25) is 0 Å². The first kappa shape index (κ1) is 8.11. The number of rotatable bonds is 2. The van der Waals surface area contributed by atoms with Crippen molar-refractivity contribution in [3.63, 3.8) is 0 Å². The summed E-state index contributed by atoms with van der Waals surface area (Å²) in [6, 6.07) is 4.53. The van der Waals surface area contributed by atoms with Crippen LogP contribution in [0, 0.1) is 0 Å². The summed E-state index contributed by atoms with van der Waals surface area (Å²) in [6.07, 6.45) is 3.93. The van der Waals surface area contributed by atoms with E-state index < -0.39 is 0 Å². The Labute approximate surface area is 78.0 Å². The molecule has 1 aromatic rings. The molecule has 1 saturated heterocycles. The van der Waals surface area contributed by atoms with E-state index in [1.54, 1.807) is 0 Å². The lowest BCUT2D eigenvalue weighted by molar-refractivity contribution is 0.949. The number of thiophene rings is 1. The fraction of sp³-hybridized carbons (Fsp3) is 0.600. The molecular formula is C10H15NS. The van der Waals surface area contributed by atoms with Gasteiger partial charge in [-0.2, -0.15) is 0 Å². The minimum Gasteiger partial charge on any atom is -0.363 e. The van der Waals surface area contributed by atoms with Gasteiger partial charge in [0, 0.05) is 18.0 Å². The third-order valence-corrected chi connectivity index (χ3v) is 3.70. The molecule has 0 spiro atoms. The smallest absolute Gasteiger partial charge is 0.0911 e. The van der Waals surface area contributed by atoms with E-state index in [9.17, 15) is 0 Å². The van der Waals surface area contributed by atoms with Crippen LogP contribution in [0.5, 0.6) is 0 Å². The molecule has 2 heteroatoms. The van der Waals surface area contributed by atoms with Crippen LogP contribution in [0.25, 0.3) is 0 Å². The van der Waals surface area contributed by atoms with E-state index in [0.29, 0.717) is 0 Å². The fourth-order valence-electron chi connectivity index (χ4n) is 1.66. The zero-order chi connectivity index (χ0) is 8.39. The molecule has 0 amide bonds. The summed E-state index contributed by atoms with van der Waals surface area (Å²) in [5.74, 6) is 0. The first-order chi connectivity index (χ1) is 5.90. The zero-order valence-electron chi connectivity index (χ0n) is 7.55. The van der Waals surface area contributed by atoms with Crippen LogP contribution in [-0.4, -0.2) is 13.1 Å². The standard InChI is InChI=1S/C10H15NS/c1-2-9-5-6-10(12-9)11-7-3-4-8-11/h5-6H,2-4,7-8H2,1H3. The second-order valence-electron chi connectivity index (χ2n) is 3.29. The monoisotopic (exact) mass is 181 g/mol. The van der Waals surface area contributed by atoms with Crippen molar-refractivity contribution in [3.8, 4) is 0 Å². The Kier molecular flexibility index (Phi) is 2.35. The van der Waals surface area contributed by atoms with Crippen molar-refractivity contribution in [1.29, 1.82) is 0 Å². The van der Waals surface area contributed by atoms with E-state index in [1.165, 1.54) is 42.2 Å². The average Bonchev–Trinajstić information content (AvgIpc) is 2.75. The van der Waals surface area contributed by atoms with Gasteiger partial charge in [0.05, 0.1) is 5.00 Å². The van der Waals surface area contributed by atoms with Crippen LogP contribution < -0.4 is 4.90 Å². The number of aryl methyl sites for hydroxylation is 1. The highest BCUT2D eigenvalue weighted by molar-refractivity contribution is 7.16. The zero-order valence-corrected chi connectivity index (χ0v) is 8.36. The molecule has 2 heterocycles. The van der Waals surface area contributed by atoms with Gasteiger partial charge >= 0.3 is 0 Å². The van der Waals surface area contributed by atoms with Crippen LogP contribution >= 0.6 is 11.3 Å². The van der Waals surface area contributed by atoms with E-state index in [-0.39, 0.29) is 0 Å². The third-order valence-electron chi connectivity index (χ3n) is 2.41. The number of nitrogens with zero attached hydrogens (tertiary/aromatic N) is 1. The Morgan fingerprint density at radius 2 is 2.08 bits per heavy atom. The molecule has 0 radical (unpaired) electrons. The van der Waals surface area contributed by atoms with Crippen molar-refractivity contribution in [2.24, 2.45) is 0 Å². The number of anilines is 1. The van der Waals surface area contributed by atoms with Gasteiger partial charge in [-0.3, -0.25) is 0 Å². The highest BCUT2D eigenvalue weighted by Gasteiger charge is 2.13. The van der Waals surface area contributed by atoms with E-state index in [0.717, 1.165) is 0 Å². The molecule has 1 aliphatic rings. The molecule has 0 unspecified atom stereocenters. The lowest BCUT2D eigenvalue weighted by Crippen LogP contribution is -2.15. The lowest BCUT2D eigenvalue weighted by Gasteiger charge is -2.13. The van der Waals surface area contributed by atoms with Gasteiger partial charge in [0.1, 0.15) is 0 Å². The summed E-state index contributed by atoms with van der Waals surface area (Å²) in [4.78, 5) is 4.01. The summed E-state index contributed by atoms with van der Waals surface area (Å²) < 4.78 is 0. The molecule has 0 aromatic carbocycles. The maximum atomic E-state index is 2.50. The Bertz CT molecular complexity index is 248. The van der Waals surface area contributed by atoms with Gasteiger partial charge in [0.15, 0.2) is 0 Å². The van der Waals surface area contributed by atoms with Gasteiger partial charge in [-0.1, -0.05) is 6.92 Å². The largest absolute Gasteiger partial charge is 0.363 e. The number of hydrogen-bond acceptors (Lipinski definition) is 2. The normalized spacial score (nSPS) is 17.2. The first-order valence-corrected chi connectivity index (χ1v) is 5.55. The van der Waals surface area contributed by atoms with Crippen molar-refractivity contribution in [2.45, 2.75) is 26.2 Å². The van der Waals surface area contributed by atoms with Gasteiger partial charge in [0.2, 0.25) is 0 Å². The maximum absolute atomic E-state index is 2.50. The highest BCUT2D eigenvalue weighted by atomic mass is 32.1. The van der Waals surface area contributed by atoms with Gasteiger partial charge in [-0.25, -0.2) is 0 Å². The van der Waals surface area contributed by atoms with Crippen LogP contribution in [0.4, 0.5) is 5.00 Å². The topological polar surface area (TPSA) is 3.24 Å². The molecule has 66 valence electrons. The molecule has 0 saturated carbocycles. The van der Waals surface area contributed by atoms with E-state index in [2.05, 4.69) is 24.0 Å². The summed E-state index contributed by atoms with van der Waals surface area (Å²) in [5.41, 5.74) is 0. The first-order valence-electron chi connectivity index (χ1n) is 4.74. The Balaban J connectivity index is 2.11. The Hall–Kier alpha value is -0.500. The SMILES string of the molecule is CCc1ccc(N2CCCC2)s1. The Morgan fingerprint density at radius 3 is 2.67 bits per heavy atom. The molecule has 0 N–H and O–H groups in total. The lowest BCUT2D eigenvalue weighted by atomic mass is 10.4. The maximum Gasteiger partial charge on any atom is 0.0911 e. The quantitative estimate of drug-likeness (QED) is 0.678. The summed E-state index contributed by atoms with van der Waals surface area (Å²) in [6.45, 7) is 4.76. The highest BCUT2D eigenvalue weighted by Crippen LogP contribution is 2.28. The minimum atomic E-state index is 1.18. The van der Waals surface area contributed by atoms with Crippen molar-refractivity contribution < 1.29 is 0 Å². The van der Waals surface area contributed by atoms with Crippen LogP contribution in [-0.2, 0) is 6.42 Å². The fourth-order valence-corrected chi connectivity index (χ4v) is 2.66.